The Morgan fingerprint density at radius 3 is 1.38 bits per heavy atom. The Labute approximate surface area is 48.8 Å². The predicted octanol–water partition coefficient (Wildman–Crippen LogP) is 0.0834. The highest BCUT2D eigenvalue weighted by molar-refractivity contribution is 5.25. The van der Waals surface area contributed by atoms with Crippen molar-refractivity contribution < 1.29 is 10.2 Å². The molecule has 0 spiro atoms. The summed E-state index contributed by atoms with van der Waals surface area (Å²) in [5.74, 6) is 0. The fraction of sp³-hybridized carbons (Fsp3) is 0.333. The van der Waals surface area contributed by atoms with Crippen LogP contribution in [0.2, 0.25) is 0 Å². The van der Waals surface area contributed by atoms with Crippen LogP contribution in [0.3, 0.4) is 0 Å². The average Bonchev–Trinajstić information content (AvgIpc) is 1.84. The van der Waals surface area contributed by atoms with E-state index in [0.29, 0.717) is 11.1 Å². The Kier molecular flexibility index (Phi) is 3.15. The first kappa shape index (κ1) is 7.40. The molecule has 2 heteroatoms. The predicted molar refractivity (Wildman–Crippen MR) is 32.5 cm³/mol. The molecule has 0 rings (SSSR count). The zero-order valence-corrected chi connectivity index (χ0v) is 4.72. The van der Waals surface area contributed by atoms with Crippen LogP contribution in [-0.2, 0) is 0 Å². The lowest BCUT2D eigenvalue weighted by molar-refractivity contribution is 0.312. The summed E-state index contributed by atoms with van der Waals surface area (Å²) in [5.41, 5.74) is 0.986. The second kappa shape index (κ2) is 3.41. The standard InChI is InChI=1S/C6H10O2/c1-5(3-7)6(2)4-8/h7-8H,1-4H2. The van der Waals surface area contributed by atoms with Crippen LogP contribution in [0.15, 0.2) is 24.3 Å². The Hall–Kier alpha value is -0.600. The molecule has 0 aromatic carbocycles. The van der Waals surface area contributed by atoms with Crippen LogP contribution < -0.4 is 0 Å². The molecule has 2 nitrogen and oxygen atoms in total. The average molecular weight is 114 g/mol. The quantitative estimate of drug-likeness (QED) is 0.510. The van der Waals surface area contributed by atoms with Crippen molar-refractivity contribution in [1.82, 2.24) is 0 Å². The van der Waals surface area contributed by atoms with Crippen LogP contribution in [0.1, 0.15) is 0 Å². The van der Waals surface area contributed by atoms with E-state index in [4.69, 9.17) is 10.2 Å². The maximum absolute atomic E-state index is 8.36. The summed E-state index contributed by atoms with van der Waals surface area (Å²) in [4.78, 5) is 0. The molecular formula is C6H10O2. The molecular weight excluding hydrogens is 104 g/mol. The van der Waals surface area contributed by atoms with Crippen molar-refractivity contribution in [2.75, 3.05) is 13.2 Å². The van der Waals surface area contributed by atoms with Crippen molar-refractivity contribution in [2.45, 2.75) is 0 Å². The topological polar surface area (TPSA) is 40.5 Å². The van der Waals surface area contributed by atoms with Gasteiger partial charge in [0.05, 0.1) is 13.2 Å². The van der Waals surface area contributed by atoms with E-state index >= 15 is 0 Å². The lowest BCUT2D eigenvalue weighted by atomic mass is 10.2. The summed E-state index contributed by atoms with van der Waals surface area (Å²) in [6.07, 6.45) is 0. The summed E-state index contributed by atoms with van der Waals surface area (Å²) >= 11 is 0. The van der Waals surface area contributed by atoms with E-state index < -0.39 is 0 Å². The number of aliphatic hydroxyl groups is 2. The highest BCUT2D eigenvalue weighted by Gasteiger charge is 1.93. The molecule has 46 valence electrons. The minimum absolute atomic E-state index is 0.126. The maximum atomic E-state index is 8.36. The third-order valence-corrected chi connectivity index (χ3v) is 0.882. The maximum Gasteiger partial charge on any atom is 0.0679 e. The summed E-state index contributed by atoms with van der Waals surface area (Å²) < 4.78 is 0. The third-order valence-electron chi connectivity index (χ3n) is 0.882. The van der Waals surface area contributed by atoms with Crippen LogP contribution in [0.25, 0.3) is 0 Å². The summed E-state index contributed by atoms with van der Waals surface area (Å²) in [6, 6.07) is 0. The fourth-order valence-electron chi connectivity index (χ4n) is 0.224. The highest BCUT2D eigenvalue weighted by atomic mass is 16.3. The molecule has 0 unspecified atom stereocenters. The molecule has 0 atom stereocenters. The zero-order chi connectivity index (χ0) is 6.57. The third kappa shape index (κ3) is 1.91. The monoisotopic (exact) mass is 114 g/mol. The van der Waals surface area contributed by atoms with Crippen LogP contribution in [0, 0.1) is 0 Å². The molecule has 0 bridgehead atoms. The van der Waals surface area contributed by atoms with Gasteiger partial charge >= 0.3 is 0 Å². The van der Waals surface area contributed by atoms with E-state index in [1.807, 2.05) is 0 Å². The van der Waals surface area contributed by atoms with Gasteiger partial charge in [-0.3, -0.25) is 0 Å². The smallest absolute Gasteiger partial charge is 0.0679 e. The van der Waals surface area contributed by atoms with Gasteiger partial charge in [-0.15, -0.1) is 0 Å². The normalized spacial score (nSPS) is 8.75. The molecule has 0 aliphatic heterocycles. The molecule has 0 radical (unpaired) electrons. The van der Waals surface area contributed by atoms with Gasteiger partial charge < -0.3 is 10.2 Å². The number of aliphatic hydroxyl groups excluding tert-OH is 2. The highest BCUT2D eigenvalue weighted by Crippen LogP contribution is 2.00. The summed E-state index contributed by atoms with van der Waals surface area (Å²) in [6.45, 7) is 6.62. The minimum atomic E-state index is -0.126. The Morgan fingerprint density at radius 2 is 1.25 bits per heavy atom. The van der Waals surface area contributed by atoms with Crippen LogP contribution in [0.5, 0.6) is 0 Å². The van der Waals surface area contributed by atoms with E-state index in [2.05, 4.69) is 13.2 Å². The van der Waals surface area contributed by atoms with Gasteiger partial charge in [0.25, 0.3) is 0 Å². The van der Waals surface area contributed by atoms with Crippen LogP contribution in [-0.4, -0.2) is 23.4 Å². The molecule has 0 saturated carbocycles. The number of hydrogen-bond donors (Lipinski definition) is 2. The molecule has 0 heterocycles. The molecule has 0 aliphatic carbocycles. The van der Waals surface area contributed by atoms with E-state index in [1.165, 1.54) is 0 Å². The number of hydrogen-bond acceptors (Lipinski definition) is 2. The van der Waals surface area contributed by atoms with E-state index in [9.17, 15) is 0 Å². The fourth-order valence-corrected chi connectivity index (χ4v) is 0.224. The van der Waals surface area contributed by atoms with Gasteiger partial charge in [-0.25, -0.2) is 0 Å². The Morgan fingerprint density at radius 1 is 1.00 bits per heavy atom. The molecule has 0 saturated heterocycles. The van der Waals surface area contributed by atoms with Crippen molar-refractivity contribution in [1.29, 1.82) is 0 Å². The van der Waals surface area contributed by atoms with Crippen molar-refractivity contribution in [3.8, 4) is 0 Å². The van der Waals surface area contributed by atoms with Crippen LogP contribution in [0.4, 0.5) is 0 Å². The first-order valence-corrected chi connectivity index (χ1v) is 2.30. The number of rotatable bonds is 3. The van der Waals surface area contributed by atoms with Gasteiger partial charge in [0, 0.05) is 0 Å². The lowest BCUT2D eigenvalue weighted by Gasteiger charge is -1.99. The molecule has 0 aromatic rings. The Bertz CT molecular complexity index is 91.1. The van der Waals surface area contributed by atoms with Crippen molar-refractivity contribution in [2.24, 2.45) is 0 Å². The van der Waals surface area contributed by atoms with Crippen molar-refractivity contribution in [3.63, 3.8) is 0 Å². The SMILES string of the molecule is C=C(CO)C(=C)CO. The Balaban J connectivity index is 3.64. The molecule has 0 aliphatic rings. The molecule has 2 N–H and O–H groups in total. The van der Waals surface area contributed by atoms with Crippen molar-refractivity contribution in [3.05, 3.63) is 24.3 Å². The van der Waals surface area contributed by atoms with E-state index in [-0.39, 0.29) is 13.2 Å². The zero-order valence-electron chi connectivity index (χ0n) is 4.72. The first-order valence-electron chi connectivity index (χ1n) is 2.30. The van der Waals surface area contributed by atoms with Gasteiger partial charge in [-0.1, -0.05) is 13.2 Å². The molecule has 8 heavy (non-hydrogen) atoms. The van der Waals surface area contributed by atoms with Gasteiger partial charge in [-0.2, -0.15) is 0 Å². The molecule has 0 fully saturated rings. The summed E-state index contributed by atoms with van der Waals surface area (Å²) in [5, 5.41) is 16.7. The van der Waals surface area contributed by atoms with E-state index in [0.717, 1.165) is 0 Å². The van der Waals surface area contributed by atoms with Gasteiger partial charge in [0.15, 0.2) is 0 Å². The van der Waals surface area contributed by atoms with Gasteiger partial charge in [-0.05, 0) is 11.1 Å². The van der Waals surface area contributed by atoms with E-state index in [1.54, 1.807) is 0 Å². The minimum Gasteiger partial charge on any atom is -0.392 e. The van der Waals surface area contributed by atoms with Crippen molar-refractivity contribution >= 4 is 0 Å². The second-order valence-electron chi connectivity index (χ2n) is 1.52. The van der Waals surface area contributed by atoms with Gasteiger partial charge in [0.2, 0.25) is 0 Å². The van der Waals surface area contributed by atoms with Gasteiger partial charge in [0.1, 0.15) is 0 Å². The van der Waals surface area contributed by atoms with Crippen LogP contribution >= 0.6 is 0 Å². The first-order chi connectivity index (χ1) is 3.72. The molecule has 0 amide bonds. The lowest BCUT2D eigenvalue weighted by Crippen LogP contribution is -1.95. The summed E-state index contributed by atoms with van der Waals surface area (Å²) in [7, 11) is 0. The second-order valence-corrected chi connectivity index (χ2v) is 1.52. The molecule has 0 aromatic heterocycles. The largest absolute Gasteiger partial charge is 0.392 e.